The Bertz CT molecular complexity index is 693. The molecular weight excluding hydrogens is 324 g/mol. The second-order valence-electron chi connectivity index (χ2n) is 4.17. The summed E-state index contributed by atoms with van der Waals surface area (Å²) in [6, 6.07) is 8.22. The van der Waals surface area contributed by atoms with Crippen LogP contribution in [0.25, 0.3) is 0 Å². The summed E-state index contributed by atoms with van der Waals surface area (Å²) >= 11 is 3.28. The van der Waals surface area contributed by atoms with Crippen LogP contribution >= 0.6 is 15.9 Å². The van der Waals surface area contributed by atoms with Gasteiger partial charge in [0.2, 0.25) is 0 Å². The maximum Gasteiger partial charge on any atom is 0.274 e. The summed E-state index contributed by atoms with van der Waals surface area (Å²) in [5, 5.41) is 2.60. The van der Waals surface area contributed by atoms with Crippen LogP contribution in [-0.4, -0.2) is 17.6 Å². The molecule has 0 bridgehead atoms. The van der Waals surface area contributed by atoms with E-state index in [-0.39, 0.29) is 17.2 Å². The Kier molecular flexibility index (Phi) is 4.24. The molecule has 1 aromatic heterocycles. The van der Waals surface area contributed by atoms with Crippen molar-refractivity contribution in [3.63, 3.8) is 0 Å². The summed E-state index contributed by atoms with van der Waals surface area (Å²) in [5.41, 5.74) is 0.408. The summed E-state index contributed by atoms with van der Waals surface area (Å²) in [4.78, 5) is 24.0. The highest BCUT2D eigenvalue weighted by Crippen LogP contribution is 2.14. The Morgan fingerprint density at radius 2 is 1.95 bits per heavy atom. The van der Waals surface area contributed by atoms with E-state index in [2.05, 4.69) is 21.2 Å². The first-order valence-electron chi connectivity index (χ1n) is 5.83. The third kappa shape index (κ3) is 3.08. The summed E-state index contributed by atoms with van der Waals surface area (Å²) in [6.07, 6.45) is 1.63. The summed E-state index contributed by atoms with van der Waals surface area (Å²) in [6.45, 7) is 0. The number of amides is 1. The first kappa shape index (κ1) is 14.3. The Morgan fingerprint density at radius 3 is 2.55 bits per heavy atom. The van der Waals surface area contributed by atoms with E-state index in [1.807, 2.05) is 0 Å². The molecule has 1 heterocycles. The van der Waals surface area contributed by atoms with Gasteiger partial charge >= 0.3 is 0 Å². The first-order valence-corrected chi connectivity index (χ1v) is 6.62. The fourth-order valence-corrected chi connectivity index (χ4v) is 2.23. The van der Waals surface area contributed by atoms with Crippen LogP contribution in [0.5, 0.6) is 5.75 Å². The number of nitrogens with one attached hydrogen (secondary N) is 1. The molecule has 104 valence electrons. The van der Waals surface area contributed by atoms with Crippen LogP contribution in [0.15, 0.2) is 45.8 Å². The Morgan fingerprint density at radius 1 is 1.30 bits per heavy atom. The first-order chi connectivity index (χ1) is 9.51. The Hall–Kier alpha value is -2.08. The summed E-state index contributed by atoms with van der Waals surface area (Å²) in [5.74, 6) is 0.322. The van der Waals surface area contributed by atoms with E-state index in [0.29, 0.717) is 15.8 Å². The second-order valence-corrected chi connectivity index (χ2v) is 5.09. The van der Waals surface area contributed by atoms with Gasteiger partial charge in [0, 0.05) is 23.3 Å². The summed E-state index contributed by atoms with van der Waals surface area (Å²) < 4.78 is 7.14. The van der Waals surface area contributed by atoms with Crippen LogP contribution in [-0.2, 0) is 7.05 Å². The lowest BCUT2D eigenvalue weighted by Crippen LogP contribution is -2.23. The molecule has 0 fully saturated rings. The highest BCUT2D eigenvalue weighted by molar-refractivity contribution is 9.10. The standard InChI is InChI=1S/C14H13BrN2O3/c1-17-8-10(15)7-12(14(17)19)16-13(18)9-3-5-11(20-2)6-4-9/h3-8H,1-2H3,(H,16,18). The molecule has 1 amide bonds. The van der Waals surface area contributed by atoms with Crippen molar-refractivity contribution in [3.05, 3.63) is 56.9 Å². The molecule has 5 nitrogen and oxygen atoms in total. The van der Waals surface area contributed by atoms with E-state index in [0.717, 1.165) is 0 Å². The molecule has 0 aliphatic carbocycles. The SMILES string of the molecule is COc1ccc(C(=O)Nc2cc(Br)cn(C)c2=O)cc1. The van der Waals surface area contributed by atoms with Gasteiger partial charge in [-0.15, -0.1) is 0 Å². The van der Waals surface area contributed by atoms with Crippen molar-refractivity contribution >= 4 is 27.5 Å². The average Bonchev–Trinajstić information content (AvgIpc) is 2.44. The number of aromatic nitrogens is 1. The minimum atomic E-state index is -0.345. The molecule has 0 saturated carbocycles. The van der Waals surface area contributed by atoms with Crippen LogP contribution in [0.3, 0.4) is 0 Å². The minimum absolute atomic E-state index is 0.225. The van der Waals surface area contributed by atoms with E-state index in [9.17, 15) is 9.59 Å². The topological polar surface area (TPSA) is 60.3 Å². The molecule has 0 aliphatic rings. The van der Waals surface area contributed by atoms with E-state index in [4.69, 9.17) is 4.74 Å². The van der Waals surface area contributed by atoms with Gasteiger partial charge in [0.1, 0.15) is 11.4 Å². The van der Waals surface area contributed by atoms with Crippen LogP contribution in [0.2, 0.25) is 0 Å². The van der Waals surface area contributed by atoms with E-state index in [1.54, 1.807) is 50.7 Å². The van der Waals surface area contributed by atoms with Gasteiger partial charge in [-0.2, -0.15) is 0 Å². The molecule has 1 aromatic carbocycles. The van der Waals surface area contributed by atoms with E-state index < -0.39 is 0 Å². The average molecular weight is 337 g/mol. The van der Waals surface area contributed by atoms with E-state index in [1.165, 1.54) is 4.57 Å². The van der Waals surface area contributed by atoms with Crippen molar-refractivity contribution in [3.8, 4) is 5.75 Å². The van der Waals surface area contributed by atoms with Gasteiger partial charge in [0.05, 0.1) is 7.11 Å². The quantitative estimate of drug-likeness (QED) is 0.936. The number of anilines is 1. The Labute approximate surface area is 124 Å². The van der Waals surface area contributed by atoms with Gasteiger partial charge in [0.25, 0.3) is 11.5 Å². The molecule has 0 aliphatic heterocycles. The number of ether oxygens (including phenoxy) is 1. The number of carbonyl (C=O) groups excluding carboxylic acids is 1. The van der Waals surface area contributed by atoms with Crippen LogP contribution in [0.4, 0.5) is 5.69 Å². The molecule has 0 unspecified atom stereocenters. The predicted molar refractivity (Wildman–Crippen MR) is 80.3 cm³/mol. The van der Waals surface area contributed by atoms with Gasteiger partial charge in [-0.25, -0.2) is 0 Å². The maximum absolute atomic E-state index is 12.1. The molecule has 20 heavy (non-hydrogen) atoms. The molecule has 0 atom stereocenters. The van der Waals surface area contributed by atoms with Crippen molar-refractivity contribution in [2.75, 3.05) is 12.4 Å². The zero-order valence-corrected chi connectivity index (χ0v) is 12.6. The molecule has 0 radical (unpaired) electrons. The van der Waals surface area contributed by atoms with Crippen LogP contribution in [0.1, 0.15) is 10.4 Å². The number of halogens is 1. The normalized spacial score (nSPS) is 10.2. The highest BCUT2D eigenvalue weighted by Gasteiger charge is 2.10. The van der Waals surface area contributed by atoms with Gasteiger partial charge < -0.3 is 14.6 Å². The second kappa shape index (κ2) is 5.92. The number of benzene rings is 1. The van der Waals surface area contributed by atoms with Crippen LogP contribution < -0.4 is 15.6 Å². The van der Waals surface area contributed by atoms with Gasteiger partial charge in [-0.05, 0) is 46.3 Å². The lowest BCUT2D eigenvalue weighted by molar-refractivity contribution is 0.102. The predicted octanol–water partition coefficient (Wildman–Crippen LogP) is 2.41. The largest absolute Gasteiger partial charge is 0.497 e. The molecule has 2 rings (SSSR count). The van der Waals surface area contributed by atoms with Gasteiger partial charge in [-0.1, -0.05) is 0 Å². The summed E-state index contributed by atoms with van der Waals surface area (Å²) in [7, 11) is 3.18. The monoisotopic (exact) mass is 336 g/mol. The van der Waals surface area contributed by atoms with E-state index >= 15 is 0 Å². The van der Waals surface area contributed by atoms with Crippen LogP contribution in [0, 0.1) is 0 Å². The number of hydrogen-bond donors (Lipinski definition) is 1. The Balaban J connectivity index is 2.25. The molecule has 6 heteroatoms. The van der Waals surface area contributed by atoms with Crippen molar-refractivity contribution in [2.24, 2.45) is 7.05 Å². The van der Waals surface area contributed by atoms with Crippen molar-refractivity contribution in [2.45, 2.75) is 0 Å². The zero-order valence-electron chi connectivity index (χ0n) is 11.0. The number of aryl methyl sites for hydroxylation is 1. The number of pyridine rings is 1. The molecule has 0 saturated heterocycles. The lowest BCUT2D eigenvalue weighted by atomic mass is 10.2. The third-order valence-electron chi connectivity index (χ3n) is 2.75. The molecule has 1 N–H and O–H groups in total. The molecule has 0 spiro atoms. The fourth-order valence-electron chi connectivity index (χ4n) is 1.70. The highest BCUT2D eigenvalue weighted by atomic mass is 79.9. The molecular formula is C14H13BrN2O3. The van der Waals surface area contributed by atoms with Crippen molar-refractivity contribution < 1.29 is 9.53 Å². The van der Waals surface area contributed by atoms with Gasteiger partial charge in [0.15, 0.2) is 0 Å². The minimum Gasteiger partial charge on any atom is -0.497 e. The number of hydrogen-bond acceptors (Lipinski definition) is 3. The number of rotatable bonds is 3. The lowest BCUT2D eigenvalue weighted by Gasteiger charge is -2.07. The fraction of sp³-hybridized carbons (Fsp3) is 0.143. The molecule has 2 aromatic rings. The zero-order chi connectivity index (χ0) is 14.7. The van der Waals surface area contributed by atoms with Crippen molar-refractivity contribution in [1.82, 2.24) is 4.57 Å². The smallest absolute Gasteiger partial charge is 0.274 e. The number of nitrogens with zero attached hydrogens (tertiary/aromatic N) is 1. The third-order valence-corrected chi connectivity index (χ3v) is 3.18. The number of carbonyl (C=O) groups is 1. The van der Waals surface area contributed by atoms with Gasteiger partial charge in [-0.3, -0.25) is 9.59 Å². The maximum atomic E-state index is 12.1. The number of methoxy groups -OCH3 is 1. The van der Waals surface area contributed by atoms with Crippen molar-refractivity contribution in [1.29, 1.82) is 0 Å².